The Labute approximate surface area is 340 Å². The molecule has 0 saturated carbocycles. The fraction of sp³-hybridized carbons (Fsp3) is 0.378. The Morgan fingerprint density at radius 3 is 2.26 bits per heavy atom. The molecule has 0 radical (unpaired) electrons. The molecule has 4 heterocycles. The molecular formula is C37H39Cl2N9O10. The van der Waals surface area contributed by atoms with Crippen molar-refractivity contribution in [3.63, 3.8) is 0 Å². The average Bonchev–Trinajstić information content (AvgIpc) is 3.75. The van der Waals surface area contributed by atoms with Crippen LogP contribution in [0.3, 0.4) is 0 Å². The summed E-state index contributed by atoms with van der Waals surface area (Å²) >= 11 is 12.3. The first-order valence-electron chi connectivity index (χ1n) is 18.3. The van der Waals surface area contributed by atoms with E-state index in [-0.39, 0.29) is 102 Å². The number of H-pyrrole nitrogens is 1. The molecule has 1 aromatic heterocycles. The zero-order valence-corrected chi connectivity index (χ0v) is 32.4. The Morgan fingerprint density at radius 2 is 1.55 bits per heavy atom. The van der Waals surface area contributed by atoms with Crippen molar-refractivity contribution < 1.29 is 47.8 Å². The molecule has 6 N–H and O–H groups in total. The standard InChI is InChI=1S/C37H39Cl2N9O10/c38-22-4-2-5-23(39)31(22)34(53)44-24-17-42-46-32(24)35(54)43-20-9-13-47(14-10-20)18-28(50)40-11-15-57-16-12-41-29(51)19-58-26-6-1-3-21-30(26)37(56)48(36(21)55)25-7-8-27(49)45-33(25)52/h1-6,17,20,25H,7-16,18-19H2,(H,40,50)(H,41,51)(H,42,46)(H,43,54)(H,44,53)(H,45,49,52). The zero-order valence-electron chi connectivity index (χ0n) is 30.9. The summed E-state index contributed by atoms with van der Waals surface area (Å²) in [5, 5.41) is 19.9. The monoisotopic (exact) mass is 839 g/mol. The van der Waals surface area contributed by atoms with Gasteiger partial charge in [0.25, 0.3) is 29.5 Å². The van der Waals surface area contributed by atoms with Crippen molar-refractivity contribution in [1.82, 2.24) is 41.3 Å². The third-order valence-electron chi connectivity index (χ3n) is 9.52. The number of hydrogen-bond acceptors (Lipinski definition) is 12. The SMILES string of the molecule is O=C(COc1cccc2c1C(=O)N(C1CCC(=O)NC1=O)C2=O)NCCOCCNC(=O)CN1CCC(NC(=O)c2[nH]ncc2NC(=O)c2c(Cl)cccc2Cl)CC1. The summed E-state index contributed by atoms with van der Waals surface area (Å²) in [5.74, 6) is -4.37. The second-order valence-corrected chi connectivity index (χ2v) is 14.3. The fourth-order valence-corrected chi connectivity index (χ4v) is 7.20. The number of aromatic amines is 1. The van der Waals surface area contributed by atoms with Gasteiger partial charge in [0.15, 0.2) is 6.61 Å². The van der Waals surface area contributed by atoms with Crippen molar-refractivity contribution in [2.75, 3.05) is 57.9 Å². The fourth-order valence-electron chi connectivity index (χ4n) is 6.63. The van der Waals surface area contributed by atoms with Crippen LogP contribution in [0.1, 0.15) is 67.2 Å². The number of fused-ring (bicyclic) bond motifs is 1. The van der Waals surface area contributed by atoms with Crippen LogP contribution in [0.5, 0.6) is 5.75 Å². The van der Waals surface area contributed by atoms with Crippen LogP contribution in [0, 0.1) is 0 Å². The normalized spacial score (nSPS) is 17.1. The lowest BCUT2D eigenvalue weighted by molar-refractivity contribution is -0.136. The molecule has 6 rings (SSSR count). The molecule has 3 aliphatic heterocycles. The average molecular weight is 841 g/mol. The van der Waals surface area contributed by atoms with Gasteiger partial charge < -0.3 is 30.7 Å². The van der Waals surface area contributed by atoms with E-state index in [9.17, 15) is 38.4 Å². The number of ether oxygens (including phenoxy) is 2. The van der Waals surface area contributed by atoms with E-state index in [1.54, 1.807) is 6.07 Å². The first-order valence-corrected chi connectivity index (χ1v) is 19.1. The van der Waals surface area contributed by atoms with Crippen LogP contribution < -0.4 is 31.3 Å². The summed E-state index contributed by atoms with van der Waals surface area (Å²) in [6.07, 6.45) is 2.51. The maximum Gasteiger partial charge on any atom is 0.271 e. The van der Waals surface area contributed by atoms with Crippen molar-refractivity contribution in [2.45, 2.75) is 37.8 Å². The molecule has 3 aromatic rings. The molecule has 3 aliphatic rings. The Kier molecular flexibility index (Phi) is 13.7. The number of amides is 8. The van der Waals surface area contributed by atoms with Crippen molar-refractivity contribution in [3.8, 4) is 5.75 Å². The molecule has 2 fully saturated rings. The maximum atomic E-state index is 13.2. The second kappa shape index (κ2) is 19.0. The van der Waals surface area contributed by atoms with Crippen molar-refractivity contribution >= 4 is 76.1 Å². The minimum absolute atomic E-state index is 0.00814. The summed E-state index contributed by atoms with van der Waals surface area (Å²) in [7, 11) is 0. The number of halogens is 2. The van der Waals surface area contributed by atoms with E-state index in [1.807, 2.05) is 4.90 Å². The molecule has 1 unspecified atom stereocenters. The number of carbonyl (C=O) groups is 8. The number of anilines is 1. The molecule has 2 aromatic carbocycles. The number of benzene rings is 2. The van der Waals surface area contributed by atoms with Crippen LogP contribution in [-0.4, -0.2) is 132 Å². The number of nitrogens with zero attached hydrogens (tertiary/aromatic N) is 3. The zero-order chi connectivity index (χ0) is 41.3. The molecule has 2 saturated heterocycles. The quantitative estimate of drug-likeness (QED) is 0.0870. The third kappa shape index (κ3) is 9.97. The van der Waals surface area contributed by atoms with Crippen LogP contribution in [0.4, 0.5) is 5.69 Å². The highest BCUT2D eigenvalue weighted by atomic mass is 35.5. The summed E-state index contributed by atoms with van der Waals surface area (Å²) in [6.45, 7) is 1.58. The highest BCUT2D eigenvalue weighted by Gasteiger charge is 2.46. The molecule has 19 nitrogen and oxygen atoms in total. The predicted octanol–water partition coefficient (Wildman–Crippen LogP) is 0.892. The van der Waals surface area contributed by atoms with Crippen LogP contribution in [0.2, 0.25) is 10.0 Å². The van der Waals surface area contributed by atoms with Gasteiger partial charge in [-0.2, -0.15) is 5.10 Å². The summed E-state index contributed by atoms with van der Waals surface area (Å²) in [4.78, 5) is 104. The smallest absolute Gasteiger partial charge is 0.271 e. The molecular weight excluding hydrogens is 801 g/mol. The van der Waals surface area contributed by atoms with E-state index in [0.29, 0.717) is 25.9 Å². The van der Waals surface area contributed by atoms with Crippen LogP contribution in [0.25, 0.3) is 0 Å². The number of piperidine rings is 2. The maximum absolute atomic E-state index is 13.2. The van der Waals surface area contributed by atoms with Crippen LogP contribution in [-0.2, 0) is 23.9 Å². The Morgan fingerprint density at radius 1 is 0.862 bits per heavy atom. The summed E-state index contributed by atoms with van der Waals surface area (Å²) in [5.41, 5.74) is 0.292. The van der Waals surface area contributed by atoms with E-state index in [2.05, 4.69) is 36.8 Å². The Hall–Kier alpha value is -5.89. The first kappa shape index (κ1) is 41.7. The van der Waals surface area contributed by atoms with Gasteiger partial charge in [0.05, 0.1) is 58.4 Å². The molecule has 58 heavy (non-hydrogen) atoms. The minimum Gasteiger partial charge on any atom is -0.483 e. The number of nitrogens with one attached hydrogen (secondary N) is 6. The van der Waals surface area contributed by atoms with Gasteiger partial charge in [-0.15, -0.1) is 0 Å². The van der Waals surface area contributed by atoms with Crippen LogP contribution >= 0.6 is 23.2 Å². The number of imide groups is 2. The molecule has 8 amide bonds. The van der Waals surface area contributed by atoms with Crippen LogP contribution in [0.15, 0.2) is 42.6 Å². The molecule has 1 atom stereocenters. The van der Waals surface area contributed by atoms with Gasteiger partial charge >= 0.3 is 0 Å². The molecule has 306 valence electrons. The first-order chi connectivity index (χ1) is 27.9. The number of carbonyl (C=O) groups excluding carboxylic acids is 8. The number of hydrogen-bond donors (Lipinski definition) is 6. The van der Waals surface area contributed by atoms with Gasteiger partial charge in [0.1, 0.15) is 17.5 Å². The van der Waals surface area contributed by atoms with Gasteiger partial charge in [-0.3, -0.25) is 58.6 Å². The third-order valence-corrected chi connectivity index (χ3v) is 10.2. The highest BCUT2D eigenvalue weighted by Crippen LogP contribution is 2.33. The number of aromatic nitrogens is 2. The van der Waals surface area contributed by atoms with Crippen molar-refractivity contribution in [2.24, 2.45) is 0 Å². The van der Waals surface area contributed by atoms with E-state index < -0.39 is 54.0 Å². The van der Waals surface area contributed by atoms with Crippen molar-refractivity contribution in [1.29, 1.82) is 0 Å². The van der Waals surface area contributed by atoms with E-state index >= 15 is 0 Å². The molecule has 0 bridgehead atoms. The van der Waals surface area contributed by atoms with Gasteiger partial charge in [-0.1, -0.05) is 35.3 Å². The molecule has 21 heteroatoms. The van der Waals surface area contributed by atoms with E-state index in [1.165, 1.54) is 36.5 Å². The second-order valence-electron chi connectivity index (χ2n) is 13.5. The molecule has 0 aliphatic carbocycles. The largest absolute Gasteiger partial charge is 0.483 e. The Bertz CT molecular complexity index is 2100. The van der Waals surface area contributed by atoms with E-state index in [0.717, 1.165) is 4.90 Å². The van der Waals surface area contributed by atoms with E-state index in [4.69, 9.17) is 32.7 Å². The number of likely N-dealkylation sites (tertiary alicyclic amines) is 1. The lowest BCUT2D eigenvalue weighted by atomic mass is 10.0. The van der Waals surface area contributed by atoms with Gasteiger partial charge in [0, 0.05) is 38.6 Å². The van der Waals surface area contributed by atoms with Gasteiger partial charge in [0.2, 0.25) is 17.7 Å². The lowest BCUT2D eigenvalue weighted by Gasteiger charge is -2.31. The topological polar surface area (TPSA) is 250 Å². The summed E-state index contributed by atoms with van der Waals surface area (Å²) < 4.78 is 11.1. The van der Waals surface area contributed by atoms with Gasteiger partial charge in [-0.05, 0) is 43.5 Å². The van der Waals surface area contributed by atoms with Crippen molar-refractivity contribution in [3.05, 3.63) is 75.0 Å². The number of rotatable bonds is 16. The highest BCUT2D eigenvalue weighted by molar-refractivity contribution is 6.40. The molecule has 0 spiro atoms. The Balaban J connectivity index is 0.824. The summed E-state index contributed by atoms with van der Waals surface area (Å²) in [6, 6.07) is 7.75. The predicted molar refractivity (Wildman–Crippen MR) is 205 cm³/mol. The lowest BCUT2D eigenvalue weighted by Crippen LogP contribution is -2.54. The van der Waals surface area contributed by atoms with Gasteiger partial charge in [-0.25, -0.2) is 0 Å². The minimum atomic E-state index is -1.13.